The first kappa shape index (κ1) is 33.2. The zero-order valence-corrected chi connectivity index (χ0v) is 27.5. The molecule has 3 N–H and O–H groups in total. The van der Waals surface area contributed by atoms with Gasteiger partial charge in [0.05, 0.1) is 17.1 Å². The van der Waals surface area contributed by atoms with Crippen LogP contribution in [0.1, 0.15) is 76.3 Å². The summed E-state index contributed by atoms with van der Waals surface area (Å²) in [6.07, 6.45) is 3.22. The monoisotopic (exact) mass is 617 g/mol. The Bertz CT molecular complexity index is 1580. The third kappa shape index (κ3) is 7.86. The average Bonchev–Trinajstić information content (AvgIpc) is 3.35. The predicted molar refractivity (Wildman–Crippen MR) is 177 cm³/mol. The average molecular weight is 618 g/mol. The lowest BCUT2D eigenvalue weighted by atomic mass is 9.88. The molecule has 0 bridgehead atoms. The van der Waals surface area contributed by atoms with E-state index >= 15 is 0 Å². The summed E-state index contributed by atoms with van der Waals surface area (Å²) in [5.74, 6) is -0.176. The van der Waals surface area contributed by atoms with Crippen molar-refractivity contribution in [1.82, 2.24) is 25.1 Å². The van der Waals surface area contributed by atoms with Gasteiger partial charge in [-0.2, -0.15) is 5.26 Å². The second-order valence-electron chi connectivity index (χ2n) is 13.2. The molecule has 2 heterocycles. The first-order valence-electron chi connectivity index (χ1n) is 15.1. The lowest BCUT2D eigenvalue weighted by Gasteiger charge is -2.34. The molecule has 0 spiro atoms. The van der Waals surface area contributed by atoms with Crippen LogP contribution in [-0.4, -0.2) is 58.0 Å². The predicted octanol–water partition coefficient (Wildman–Crippen LogP) is 6.08. The maximum absolute atomic E-state index is 13.5. The molecule has 9 nitrogen and oxygen atoms in total. The molecule has 0 saturated carbocycles. The van der Waals surface area contributed by atoms with Crippen molar-refractivity contribution in [2.75, 3.05) is 25.5 Å². The van der Waals surface area contributed by atoms with Crippen molar-refractivity contribution in [1.29, 1.82) is 5.26 Å². The van der Waals surface area contributed by atoms with Gasteiger partial charge in [0, 0.05) is 41.8 Å². The molecule has 2 amide bonds. The molecular weight excluding hydrogens is 574 g/mol. The van der Waals surface area contributed by atoms with Gasteiger partial charge in [-0.15, -0.1) is 0 Å². The zero-order valence-electron chi connectivity index (χ0n) is 26.8. The van der Waals surface area contributed by atoms with Gasteiger partial charge in [0.2, 0.25) is 5.95 Å². The van der Waals surface area contributed by atoms with Gasteiger partial charge in [-0.1, -0.05) is 38.4 Å². The Labute approximate surface area is 265 Å². The molecule has 1 aliphatic heterocycles. The van der Waals surface area contributed by atoms with E-state index in [1.165, 1.54) is 0 Å². The highest BCUT2D eigenvalue weighted by atomic mass is 35.5. The molecule has 1 saturated heterocycles. The number of anilines is 1. The first-order valence-corrected chi connectivity index (χ1v) is 15.5. The van der Waals surface area contributed by atoms with Crippen molar-refractivity contribution in [3.05, 3.63) is 70.3 Å². The number of fused-ring (bicyclic) bond motifs is 1. The quantitative estimate of drug-likeness (QED) is 0.198. The molecule has 1 aromatic heterocycles. The van der Waals surface area contributed by atoms with Crippen LogP contribution in [0.4, 0.5) is 5.95 Å². The molecule has 1 aliphatic rings. The maximum Gasteiger partial charge on any atom is 0.264 e. The third-order valence-corrected chi connectivity index (χ3v) is 8.80. The van der Waals surface area contributed by atoms with E-state index in [9.17, 15) is 14.9 Å². The van der Waals surface area contributed by atoms with Crippen molar-refractivity contribution in [2.24, 2.45) is 5.41 Å². The number of likely N-dealkylation sites (tertiary alicyclic amines) is 1. The van der Waals surface area contributed by atoms with Gasteiger partial charge < -0.3 is 20.1 Å². The number of carbonyl (C=O) groups is 2. The minimum Gasteiger partial charge on any atom is -0.336 e. The zero-order chi connectivity index (χ0) is 32.2. The number of nitrogens with zero attached hydrogens (tertiary/aromatic N) is 4. The Morgan fingerprint density at radius 1 is 1.16 bits per heavy atom. The Kier molecular flexibility index (Phi) is 10.2. The number of hydrogen-bond acceptors (Lipinski definition) is 6. The van der Waals surface area contributed by atoms with Crippen LogP contribution in [0.3, 0.4) is 0 Å². The minimum atomic E-state index is -0.507. The number of hydrogen-bond donors (Lipinski definition) is 3. The molecule has 0 aliphatic carbocycles. The molecule has 4 rings (SSSR count). The van der Waals surface area contributed by atoms with E-state index in [-0.39, 0.29) is 28.8 Å². The summed E-state index contributed by atoms with van der Waals surface area (Å²) in [5, 5.41) is 20.1. The van der Waals surface area contributed by atoms with Gasteiger partial charge in [-0.3, -0.25) is 14.9 Å². The standard InChI is InChI=1S/C34H44ClN7O2/c1-22(33(2,3)4)38-20-23-10-15-29-28(17-23)39-32(40-30(43)24-11-13-26(35)14-12-24)42(29)27-9-8-16-41(21-27)31(44)25(19-36)18-34(5,6)37-7/h10-15,17-18,22,27,37-38H,8-9,16,20-21H2,1-7H3,(H,39,40,43)/b25-18+/t22-,27?/m0/s1. The number of halogens is 1. The Balaban J connectivity index is 1.68. The largest absolute Gasteiger partial charge is 0.336 e. The van der Waals surface area contributed by atoms with Crippen molar-refractivity contribution >= 4 is 40.4 Å². The van der Waals surface area contributed by atoms with Gasteiger partial charge in [-0.05, 0) is 94.1 Å². The molecular formula is C34H44ClN7O2. The maximum atomic E-state index is 13.5. The molecule has 1 unspecified atom stereocenters. The molecule has 234 valence electrons. The van der Waals surface area contributed by atoms with E-state index in [4.69, 9.17) is 16.6 Å². The van der Waals surface area contributed by atoms with Crippen LogP contribution in [0.15, 0.2) is 54.1 Å². The fourth-order valence-electron chi connectivity index (χ4n) is 5.16. The van der Waals surface area contributed by atoms with Gasteiger partial charge in [0.25, 0.3) is 11.8 Å². The number of piperidine rings is 1. The van der Waals surface area contributed by atoms with E-state index in [1.807, 2.05) is 30.5 Å². The number of amides is 2. The number of imidazole rings is 1. The SMILES string of the molecule is CNC(C)(C)/C=C(\C#N)C(=O)N1CCCC(n2c(NC(=O)c3ccc(Cl)cc3)nc3cc(CN[C@@H](C)C(C)(C)C)ccc32)C1. The van der Waals surface area contributed by atoms with Crippen molar-refractivity contribution in [3.63, 3.8) is 0 Å². The van der Waals surface area contributed by atoms with Gasteiger partial charge in [-0.25, -0.2) is 4.98 Å². The Morgan fingerprint density at radius 3 is 2.50 bits per heavy atom. The lowest BCUT2D eigenvalue weighted by Crippen LogP contribution is -2.42. The van der Waals surface area contributed by atoms with Crippen LogP contribution < -0.4 is 16.0 Å². The van der Waals surface area contributed by atoms with Crippen LogP contribution in [0.25, 0.3) is 11.0 Å². The summed E-state index contributed by atoms with van der Waals surface area (Å²) < 4.78 is 2.03. The van der Waals surface area contributed by atoms with E-state index < -0.39 is 5.54 Å². The highest BCUT2D eigenvalue weighted by molar-refractivity contribution is 6.30. The molecule has 1 fully saturated rings. The number of carbonyl (C=O) groups excluding carboxylic acids is 2. The summed E-state index contributed by atoms with van der Waals surface area (Å²) in [7, 11) is 1.80. The number of rotatable bonds is 9. The van der Waals surface area contributed by atoms with Crippen LogP contribution in [-0.2, 0) is 11.3 Å². The van der Waals surface area contributed by atoms with E-state index in [0.717, 1.165) is 29.4 Å². The molecule has 2 aromatic carbocycles. The third-order valence-electron chi connectivity index (χ3n) is 8.55. The second kappa shape index (κ2) is 13.5. The summed E-state index contributed by atoms with van der Waals surface area (Å²) in [6, 6.07) is 15.1. The van der Waals surface area contributed by atoms with Crippen molar-refractivity contribution in [2.45, 2.75) is 78.6 Å². The van der Waals surface area contributed by atoms with Crippen LogP contribution >= 0.6 is 11.6 Å². The fraction of sp³-hybridized carbons (Fsp3) is 0.471. The topological polar surface area (TPSA) is 115 Å². The fourth-order valence-corrected chi connectivity index (χ4v) is 5.29. The molecule has 2 atom stereocenters. The lowest BCUT2D eigenvalue weighted by molar-refractivity contribution is -0.128. The van der Waals surface area contributed by atoms with Gasteiger partial charge in [0.15, 0.2) is 0 Å². The van der Waals surface area contributed by atoms with E-state index in [2.05, 4.69) is 55.8 Å². The normalized spacial score (nSPS) is 16.9. The van der Waals surface area contributed by atoms with Crippen molar-refractivity contribution in [3.8, 4) is 6.07 Å². The minimum absolute atomic E-state index is 0.110. The van der Waals surface area contributed by atoms with Gasteiger partial charge in [0.1, 0.15) is 11.6 Å². The summed E-state index contributed by atoms with van der Waals surface area (Å²) in [6.45, 7) is 14.3. The number of benzene rings is 2. The smallest absolute Gasteiger partial charge is 0.264 e. The van der Waals surface area contributed by atoms with E-state index in [1.54, 1.807) is 42.3 Å². The first-order chi connectivity index (χ1) is 20.7. The molecule has 3 aromatic rings. The highest BCUT2D eigenvalue weighted by Crippen LogP contribution is 2.32. The summed E-state index contributed by atoms with van der Waals surface area (Å²) in [4.78, 5) is 33.4. The van der Waals surface area contributed by atoms with Gasteiger partial charge >= 0.3 is 0 Å². The number of nitriles is 1. The molecule has 0 radical (unpaired) electrons. The van der Waals surface area contributed by atoms with Crippen LogP contribution in [0, 0.1) is 16.7 Å². The number of likely N-dealkylation sites (N-methyl/N-ethyl adjacent to an activating group) is 1. The highest BCUT2D eigenvalue weighted by Gasteiger charge is 2.31. The Hall–Kier alpha value is -3.71. The number of aromatic nitrogens is 2. The second-order valence-corrected chi connectivity index (χ2v) is 13.7. The van der Waals surface area contributed by atoms with Crippen LogP contribution in [0.5, 0.6) is 0 Å². The van der Waals surface area contributed by atoms with Crippen molar-refractivity contribution < 1.29 is 9.59 Å². The molecule has 44 heavy (non-hydrogen) atoms. The molecule has 10 heteroatoms. The summed E-state index contributed by atoms with van der Waals surface area (Å²) in [5.41, 5.74) is 2.91. The Morgan fingerprint density at radius 2 is 1.86 bits per heavy atom. The number of nitrogens with one attached hydrogen (secondary N) is 3. The summed E-state index contributed by atoms with van der Waals surface area (Å²) >= 11 is 6.04. The van der Waals surface area contributed by atoms with Crippen LogP contribution in [0.2, 0.25) is 5.02 Å². The van der Waals surface area contributed by atoms with E-state index in [0.29, 0.717) is 42.2 Å².